The molecule has 3 heteroatoms. The Balaban J connectivity index is 1.96. The first-order valence-corrected chi connectivity index (χ1v) is 9.90. The Morgan fingerprint density at radius 3 is 2.14 bits per heavy atom. The van der Waals surface area contributed by atoms with Gasteiger partial charge in [0.05, 0.1) is 16.6 Å². The fourth-order valence-corrected chi connectivity index (χ4v) is 5.15. The molecule has 0 fully saturated rings. The summed E-state index contributed by atoms with van der Waals surface area (Å²) in [5.41, 5.74) is 6.68. The Bertz CT molecular complexity index is 1340. The van der Waals surface area contributed by atoms with Crippen molar-refractivity contribution in [2.75, 3.05) is 0 Å². The van der Waals surface area contributed by atoms with Crippen molar-refractivity contribution in [2.45, 2.75) is 52.4 Å². The molecule has 1 aliphatic carbocycles. The summed E-state index contributed by atoms with van der Waals surface area (Å²) >= 11 is 0. The van der Waals surface area contributed by atoms with Crippen molar-refractivity contribution < 1.29 is 0 Å². The van der Waals surface area contributed by atoms with Gasteiger partial charge >= 0.3 is 0 Å². The van der Waals surface area contributed by atoms with E-state index in [2.05, 4.69) is 70.2 Å². The predicted molar refractivity (Wildman–Crippen MR) is 115 cm³/mol. The van der Waals surface area contributed by atoms with Gasteiger partial charge in [0.25, 0.3) is 0 Å². The van der Waals surface area contributed by atoms with Crippen molar-refractivity contribution in [3.63, 3.8) is 0 Å². The van der Waals surface area contributed by atoms with Gasteiger partial charge in [0.1, 0.15) is 11.7 Å². The van der Waals surface area contributed by atoms with Gasteiger partial charge in [-0.3, -0.25) is 4.40 Å². The van der Waals surface area contributed by atoms with E-state index in [4.69, 9.17) is 4.98 Å². The number of benzene rings is 2. The van der Waals surface area contributed by atoms with Crippen LogP contribution in [0.3, 0.4) is 0 Å². The SMILES string of the molecule is CC1(C)c2cc3nc4c5ccccc5c(C#N)cn4c3cc2C(C)(C)C1(C)C. The highest BCUT2D eigenvalue weighted by Crippen LogP contribution is 2.61. The zero-order chi connectivity index (χ0) is 20.1. The van der Waals surface area contributed by atoms with E-state index in [0.717, 1.165) is 27.5 Å². The van der Waals surface area contributed by atoms with Crippen LogP contribution in [-0.2, 0) is 10.8 Å². The van der Waals surface area contributed by atoms with Crippen molar-refractivity contribution in [3.05, 3.63) is 59.3 Å². The van der Waals surface area contributed by atoms with Crippen molar-refractivity contribution in [3.8, 4) is 6.07 Å². The van der Waals surface area contributed by atoms with E-state index in [9.17, 15) is 5.26 Å². The molecule has 3 nitrogen and oxygen atoms in total. The van der Waals surface area contributed by atoms with Crippen LogP contribution >= 0.6 is 0 Å². The number of pyridine rings is 1. The highest BCUT2D eigenvalue weighted by Gasteiger charge is 2.56. The molecule has 0 aliphatic heterocycles. The molecule has 5 rings (SSSR count). The molecule has 0 saturated carbocycles. The molecule has 140 valence electrons. The average Bonchev–Trinajstić information content (AvgIpc) is 3.07. The van der Waals surface area contributed by atoms with E-state index < -0.39 is 0 Å². The summed E-state index contributed by atoms with van der Waals surface area (Å²) in [6.45, 7) is 14.2. The summed E-state index contributed by atoms with van der Waals surface area (Å²) in [7, 11) is 0. The second kappa shape index (κ2) is 4.94. The van der Waals surface area contributed by atoms with Gasteiger partial charge in [-0.05, 0) is 39.5 Å². The molecule has 0 saturated heterocycles. The van der Waals surface area contributed by atoms with E-state index in [1.54, 1.807) is 0 Å². The third-order valence-electron chi connectivity index (χ3n) is 8.14. The number of fused-ring (bicyclic) bond motifs is 6. The van der Waals surface area contributed by atoms with Crippen LogP contribution in [0.4, 0.5) is 0 Å². The lowest BCUT2D eigenvalue weighted by Gasteiger charge is -2.44. The molecule has 0 atom stereocenters. The third-order valence-corrected chi connectivity index (χ3v) is 8.14. The number of imidazole rings is 1. The molecule has 4 aromatic rings. The standard InChI is InChI=1S/C25H25N3/c1-23(2)18-11-20-21(12-19(18)24(3,4)25(23,5)6)28-14-15(13-26)16-9-7-8-10-17(16)22(28)27-20/h7-12,14H,1-6H3. The summed E-state index contributed by atoms with van der Waals surface area (Å²) in [6.07, 6.45) is 1.94. The van der Waals surface area contributed by atoms with Crippen molar-refractivity contribution in [2.24, 2.45) is 5.41 Å². The average molecular weight is 367 g/mol. The van der Waals surface area contributed by atoms with Crippen LogP contribution in [0.25, 0.3) is 27.5 Å². The van der Waals surface area contributed by atoms with Crippen LogP contribution in [0.15, 0.2) is 42.6 Å². The smallest absolute Gasteiger partial charge is 0.145 e. The van der Waals surface area contributed by atoms with Crippen molar-refractivity contribution in [1.82, 2.24) is 9.38 Å². The zero-order valence-corrected chi connectivity index (χ0v) is 17.4. The van der Waals surface area contributed by atoms with Gasteiger partial charge in [-0.2, -0.15) is 5.26 Å². The Morgan fingerprint density at radius 2 is 1.50 bits per heavy atom. The van der Waals surface area contributed by atoms with E-state index in [0.29, 0.717) is 5.56 Å². The van der Waals surface area contributed by atoms with Gasteiger partial charge < -0.3 is 0 Å². The Kier molecular flexibility index (Phi) is 3.05. The van der Waals surface area contributed by atoms with Gasteiger partial charge in [0, 0.05) is 17.0 Å². The van der Waals surface area contributed by atoms with Gasteiger partial charge in [0.2, 0.25) is 0 Å². The molecule has 2 heterocycles. The minimum Gasteiger partial charge on any atom is -0.298 e. The molecule has 0 bridgehead atoms. The molecule has 0 unspecified atom stereocenters. The van der Waals surface area contributed by atoms with Gasteiger partial charge in [-0.1, -0.05) is 65.8 Å². The van der Waals surface area contributed by atoms with Crippen molar-refractivity contribution in [1.29, 1.82) is 5.26 Å². The maximum Gasteiger partial charge on any atom is 0.145 e. The van der Waals surface area contributed by atoms with E-state index in [1.807, 2.05) is 24.4 Å². The highest BCUT2D eigenvalue weighted by molar-refractivity contribution is 6.01. The van der Waals surface area contributed by atoms with Crippen LogP contribution < -0.4 is 0 Å². The molecule has 0 radical (unpaired) electrons. The summed E-state index contributed by atoms with van der Waals surface area (Å²) in [4.78, 5) is 5.01. The normalized spacial score (nSPS) is 19.2. The highest BCUT2D eigenvalue weighted by atomic mass is 15.0. The minimum atomic E-state index is 0.0408. The molecule has 1 aliphatic rings. The van der Waals surface area contributed by atoms with Gasteiger partial charge in [-0.25, -0.2) is 4.98 Å². The van der Waals surface area contributed by atoms with Gasteiger partial charge in [-0.15, -0.1) is 0 Å². The first kappa shape index (κ1) is 17.3. The lowest BCUT2D eigenvalue weighted by Crippen LogP contribution is -2.42. The van der Waals surface area contributed by atoms with Crippen LogP contribution in [0.5, 0.6) is 0 Å². The predicted octanol–water partition coefficient (Wildman–Crippen LogP) is 6.11. The number of nitriles is 1. The Morgan fingerprint density at radius 1 is 0.893 bits per heavy atom. The molecule has 2 aromatic carbocycles. The van der Waals surface area contributed by atoms with Gasteiger partial charge in [0.15, 0.2) is 0 Å². The van der Waals surface area contributed by atoms with Crippen molar-refractivity contribution >= 4 is 27.5 Å². The lowest BCUT2D eigenvalue weighted by molar-refractivity contribution is 0.125. The maximum absolute atomic E-state index is 9.70. The van der Waals surface area contributed by atoms with Crippen LogP contribution in [0.1, 0.15) is 58.2 Å². The molecule has 0 N–H and O–H groups in total. The monoisotopic (exact) mass is 367 g/mol. The number of aromatic nitrogens is 2. The fourth-order valence-electron chi connectivity index (χ4n) is 5.15. The number of hydrogen-bond donors (Lipinski definition) is 0. The van der Waals surface area contributed by atoms with Crippen LogP contribution in [-0.4, -0.2) is 9.38 Å². The number of hydrogen-bond acceptors (Lipinski definition) is 2. The van der Waals surface area contributed by atoms with E-state index in [-0.39, 0.29) is 16.2 Å². The Labute approximate surface area is 165 Å². The molecule has 0 amide bonds. The summed E-state index contributed by atoms with van der Waals surface area (Å²) in [6, 6.07) is 15.0. The second-order valence-corrected chi connectivity index (χ2v) is 9.77. The lowest BCUT2D eigenvalue weighted by atomic mass is 9.59. The molecule has 28 heavy (non-hydrogen) atoms. The van der Waals surface area contributed by atoms with E-state index in [1.165, 1.54) is 11.1 Å². The number of nitrogens with zero attached hydrogens (tertiary/aromatic N) is 3. The molecular formula is C25H25N3. The van der Waals surface area contributed by atoms with Crippen LogP contribution in [0, 0.1) is 16.7 Å². The zero-order valence-electron chi connectivity index (χ0n) is 17.4. The third kappa shape index (κ3) is 1.77. The minimum absolute atomic E-state index is 0.0408. The molecule has 2 aromatic heterocycles. The van der Waals surface area contributed by atoms with Crippen LogP contribution in [0.2, 0.25) is 0 Å². The first-order valence-electron chi connectivity index (χ1n) is 9.90. The largest absolute Gasteiger partial charge is 0.298 e. The quantitative estimate of drug-likeness (QED) is 0.376. The summed E-state index contributed by atoms with van der Waals surface area (Å²) in [5.74, 6) is 0. The first-order chi connectivity index (χ1) is 13.1. The second-order valence-electron chi connectivity index (χ2n) is 9.77. The summed E-state index contributed by atoms with van der Waals surface area (Å²) < 4.78 is 2.10. The topological polar surface area (TPSA) is 41.1 Å². The number of rotatable bonds is 0. The van der Waals surface area contributed by atoms with E-state index >= 15 is 0 Å². The molecular weight excluding hydrogens is 342 g/mol. The Hall–Kier alpha value is -2.86. The molecule has 0 spiro atoms. The fraction of sp³-hybridized carbons (Fsp3) is 0.360. The summed E-state index contributed by atoms with van der Waals surface area (Å²) in [5, 5.41) is 11.7. The maximum atomic E-state index is 9.70.